The molecular weight excluding hydrogens is 194 g/mol. The van der Waals surface area contributed by atoms with Gasteiger partial charge in [0.2, 0.25) is 0 Å². The van der Waals surface area contributed by atoms with Gasteiger partial charge in [0.25, 0.3) is 0 Å². The van der Waals surface area contributed by atoms with Crippen LogP contribution < -0.4 is 5.32 Å². The zero-order valence-corrected chi connectivity index (χ0v) is 10.5. The van der Waals surface area contributed by atoms with Gasteiger partial charge in [-0.15, -0.1) is 6.42 Å². The summed E-state index contributed by atoms with van der Waals surface area (Å²) in [6, 6.07) is 10.6. The van der Waals surface area contributed by atoms with Crippen molar-refractivity contribution in [3.05, 3.63) is 35.9 Å². The number of rotatable bonds is 5. The van der Waals surface area contributed by atoms with E-state index >= 15 is 0 Å². The summed E-state index contributed by atoms with van der Waals surface area (Å²) in [5.41, 5.74) is 1.19. The second-order valence-corrected chi connectivity index (χ2v) is 4.80. The van der Waals surface area contributed by atoms with Crippen LogP contribution in [-0.4, -0.2) is 12.1 Å². The van der Waals surface area contributed by atoms with Crippen LogP contribution in [0.25, 0.3) is 0 Å². The number of hydrogen-bond acceptors (Lipinski definition) is 1. The average molecular weight is 215 g/mol. The van der Waals surface area contributed by atoms with E-state index in [-0.39, 0.29) is 5.54 Å². The molecule has 1 aromatic rings. The molecule has 0 saturated heterocycles. The van der Waals surface area contributed by atoms with E-state index < -0.39 is 0 Å². The van der Waals surface area contributed by atoms with Gasteiger partial charge in [-0.05, 0) is 38.3 Å². The lowest BCUT2D eigenvalue weighted by Gasteiger charge is -2.21. The second-order valence-electron chi connectivity index (χ2n) is 4.80. The Hall–Kier alpha value is -1.26. The van der Waals surface area contributed by atoms with Gasteiger partial charge >= 0.3 is 0 Å². The molecule has 0 aliphatic rings. The predicted molar refractivity (Wildman–Crippen MR) is 70.4 cm³/mol. The number of benzene rings is 1. The van der Waals surface area contributed by atoms with E-state index in [1.807, 2.05) is 13.8 Å². The molecule has 0 bridgehead atoms. The summed E-state index contributed by atoms with van der Waals surface area (Å²) < 4.78 is 0. The van der Waals surface area contributed by atoms with Crippen molar-refractivity contribution in [3.8, 4) is 12.3 Å². The van der Waals surface area contributed by atoms with E-state index in [1.165, 1.54) is 5.56 Å². The average Bonchev–Trinajstić information content (AvgIpc) is 2.30. The van der Waals surface area contributed by atoms with Crippen molar-refractivity contribution in [2.45, 2.75) is 38.6 Å². The second kappa shape index (κ2) is 5.72. The molecule has 0 fully saturated rings. The van der Waals surface area contributed by atoms with E-state index in [0.29, 0.717) is 5.92 Å². The molecule has 0 heterocycles. The molecular formula is C15H21N. The van der Waals surface area contributed by atoms with Gasteiger partial charge in [-0.25, -0.2) is 0 Å². The molecule has 1 nitrogen and oxygen atoms in total. The Morgan fingerprint density at radius 1 is 1.31 bits per heavy atom. The Balaban J connectivity index is 2.38. The summed E-state index contributed by atoms with van der Waals surface area (Å²) in [5, 5.41) is 3.37. The van der Waals surface area contributed by atoms with Crippen molar-refractivity contribution in [1.29, 1.82) is 0 Å². The lowest BCUT2D eigenvalue weighted by molar-refractivity contribution is 0.470. The maximum Gasteiger partial charge on any atom is 0.0741 e. The summed E-state index contributed by atoms with van der Waals surface area (Å²) >= 11 is 0. The third-order valence-electron chi connectivity index (χ3n) is 2.87. The molecule has 1 unspecified atom stereocenters. The van der Waals surface area contributed by atoms with Crippen LogP contribution >= 0.6 is 0 Å². The minimum atomic E-state index is -0.198. The first-order valence-corrected chi connectivity index (χ1v) is 5.83. The van der Waals surface area contributed by atoms with Crippen LogP contribution in [-0.2, 0) is 0 Å². The molecule has 0 saturated carbocycles. The van der Waals surface area contributed by atoms with Gasteiger partial charge < -0.3 is 5.32 Å². The summed E-state index contributed by atoms with van der Waals surface area (Å²) in [7, 11) is 0. The van der Waals surface area contributed by atoms with Gasteiger partial charge in [-0.1, -0.05) is 43.2 Å². The molecule has 0 spiro atoms. The fourth-order valence-electron chi connectivity index (χ4n) is 1.60. The third kappa shape index (κ3) is 4.08. The Morgan fingerprint density at radius 2 is 1.94 bits per heavy atom. The molecule has 1 N–H and O–H groups in total. The largest absolute Gasteiger partial charge is 0.302 e. The minimum absolute atomic E-state index is 0.198. The lowest BCUT2D eigenvalue weighted by Crippen LogP contribution is -2.38. The van der Waals surface area contributed by atoms with E-state index in [4.69, 9.17) is 6.42 Å². The SMILES string of the molecule is C#CC(C)(C)NCCC(C)c1ccccc1. The quantitative estimate of drug-likeness (QED) is 0.744. The van der Waals surface area contributed by atoms with Crippen LogP contribution in [0.15, 0.2) is 30.3 Å². The molecule has 0 aliphatic heterocycles. The van der Waals surface area contributed by atoms with Gasteiger partial charge in [0, 0.05) is 0 Å². The normalized spacial score (nSPS) is 13.1. The first-order valence-electron chi connectivity index (χ1n) is 5.83. The molecule has 0 aromatic heterocycles. The highest BCUT2D eigenvalue weighted by Gasteiger charge is 2.12. The Kier molecular flexibility index (Phi) is 4.58. The minimum Gasteiger partial charge on any atom is -0.302 e. The fraction of sp³-hybridized carbons (Fsp3) is 0.467. The summed E-state index contributed by atoms with van der Waals surface area (Å²) in [6.07, 6.45) is 6.53. The van der Waals surface area contributed by atoms with E-state index in [0.717, 1.165) is 13.0 Å². The number of nitrogens with one attached hydrogen (secondary N) is 1. The lowest BCUT2D eigenvalue weighted by atomic mass is 9.97. The molecule has 0 radical (unpaired) electrons. The Labute approximate surface area is 99.3 Å². The van der Waals surface area contributed by atoms with Gasteiger partial charge in [-0.3, -0.25) is 0 Å². The first kappa shape index (κ1) is 12.8. The van der Waals surface area contributed by atoms with Crippen LogP contribution in [0, 0.1) is 12.3 Å². The van der Waals surface area contributed by atoms with Crippen LogP contribution in [0.4, 0.5) is 0 Å². The summed E-state index contributed by atoms with van der Waals surface area (Å²) in [4.78, 5) is 0. The van der Waals surface area contributed by atoms with Gasteiger partial charge in [0.15, 0.2) is 0 Å². The molecule has 1 rings (SSSR count). The fourth-order valence-corrected chi connectivity index (χ4v) is 1.60. The zero-order chi connectivity index (χ0) is 12.0. The topological polar surface area (TPSA) is 12.0 Å². The number of hydrogen-bond donors (Lipinski definition) is 1. The van der Waals surface area contributed by atoms with Crippen molar-refractivity contribution in [2.75, 3.05) is 6.54 Å². The molecule has 0 amide bonds. The maximum absolute atomic E-state index is 5.42. The van der Waals surface area contributed by atoms with Gasteiger partial charge in [-0.2, -0.15) is 0 Å². The Bertz CT molecular complexity index is 345. The predicted octanol–water partition coefficient (Wildman–Crippen LogP) is 3.18. The smallest absolute Gasteiger partial charge is 0.0741 e. The van der Waals surface area contributed by atoms with Crippen LogP contribution in [0.5, 0.6) is 0 Å². The molecule has 1 atom stereocenters. The van der Waals surface area contributed by atoms with E-state index in [9.17, 15) is 0 Å². The number of terminal acetylenes is 1. The van der Waals surface area contributed by atoms with Crippen molar-refractivity contribution in [3.63, 3.8) is 0 Å². The monoisotopic (exact) mass is 215 g/mol. The van der Waals surface area contributed by atoms with Crippen molar-refractivity contribution in [2.24, 2.45) is 0 Å². The molecule has 1 heteroatoms. The van der Waals surface area contributed by atoms with Crippen molar-refractivity contribution in [1.82, 2.24) is 5.32 Å². The molecule has 86 valence electrons. The van der Waals surface area contributed by atoms with Crippen LogP contribution in [0.1, 0.15) is 38.7 Å². The zero-order valence-electron chi connectivity index (χ0n) is 10.5. The molecule has 1 aromatic carbocycles. The Morgan fingerprint density at radius 3 is 2.50 bits per heavy atom. The molecule has 16 heavy (non-hydrogen) atoms. The summed E-state index contributed by atoms with van der Waals surface area (Å²) in [6.45, 7) is 7.26. The highest BCUT2D eigenvalue weighted by Crippen LogP contribution is 2.17. The first-order chi connectivity index (χ1) is 7.55. The summed E-state index contributed by atoms with van der Waals surface area (Å²) in [5.74, 6) is 3.32. The van der Waals surface area contributed by atoms with Gasteiger partial charge in [0.05, 0.1) is 5.54 Å². The highest BCUT2D eigenvalue weighted by atomic mass is 14.9. The maximum atomic E-state index is 5.42. The van der Waals surface area contributed by atoms with E-state index in [2.05, 4.69) is 48.5 Å². The van der Waals surface area contributed by atoms with Gasteiger partial charge in [0.1, 0.15) is 0 Å². The van der Waals surface area contributed by atoms with Crippen molar-refractivity contribution >= 4 is 0 Å². The van der Waals surface area contributed by atoms with Crippen LogP contribution in [0.2, 0.25) is 0 Å². The van der Waals surface area contributed by atoms with Crippen molar-refractivity contribution < 1.29 is 0 Å². The highest BCUT2D eigenvalue weighted by molar-refractivity contribution is 5.18. The van der Waals surface area contributed by atoms with Crippen LogP contribution in [0.3, 0.4) is 0 Å². The third-order valence-corrected chi connectivity index (χ3v) is 2.87. The van der Waals surface area contributed by atoms with E-state index in [1.54, 1.807) is 0 Å². The standard InChI is InChI=1S/C15H21N/c1-5-15(3,4)16-12-11-13(2)14-9-7-6-8-10-14/h1,6-10,13,16H,11-12H2,2-4H3. The molecule has 0 aliphatic carbocycles.